The first-order valence-corrected chi connectivity index (χ1v) is 7.52. The Kier molecular flexibility index (Phi) is 5.92. The van der Waals surface area contributed by atoms with E-state index in [1.54, 1.807) is 48.5 Å². The van der Waals surface area contributed by atoms with Gasteiger partial charge in [0.1, 0.15) is 6.04 Å². The van der Waals surface area contributed by atoms with Gasteiger partial charge >= 0.3 is 0 Å². The molecule has 0 aromatic heterocycles. The van der Waals surface area contributed by atoms with E-state index >= 15 is 0 Å². The maximum absolute atomic E-state index is 12.0. The van der Waals surface area contributed by atoms with Gasteiger partial charge in [0.05, 0.1) is 6.54 Å². The van der Waals surface area contributed by atoms with E-state index in [9.17, 15) is 14.4 Å². The lowest BCUT2D eigenvalue weighted by atomic mass is 10.1. The number of hydrogen-bond donors (Lipinski definition) is 3. The maximum Gasteiger partial charge on any atom is 0.251 e. The molecule has 7 heteroatoms. The molecule has 3 amide bonds. The maximum atomic E-state index is 12.0. The van der Waals surface area contributed by atoms with E-state index in [1.807, 2.05) is 0 Å². The number of nitrogens with one attached hydrogen (secondary N) is 2. The molecule has 24 heavy (non-hydrogen) atoms. The molecular weight excluding hydrogens is 330 g/mol. The van der Waals surface area contributed by atoms with Crippen molar-refractivity contribution < 1.29 is 14.4 Å². The van der Waals surface area contributed by atoms with Crippen molar-refractivity contribution in [1.82, 2.24) is 10.6 Å². The third-order valence-electron chi connectivity index (χ3n) is 3.22. The summed E-state index contributed by atoms with van der Waals surface area (Å²) in [5, 5.41) is 5.38. The SMILES string of the molecule is NC(=O)C(NC(=O)CNC(=O)c1cccc(Cl)c1)c1ccccc1. The van der Waals surface area contributed by atoms with Gasteiger partial charge in [-0.15, -0.1) is 0 Å². The second kappa shape index (κ2) is 8.12. The molecule has 1 atom stereocenters. The van der Waals surface area contributed by atoms with E-state index < -0.39 is 23.8 Å². The second-order valence-corrected chi connectivity index (χ2v) is 5.44. The van der Waals surface area contributed by atoms with Crippen molar-refractivity contribution in [3.05, 3.63) is 70.7 Å². The van der Waals surface area contributed by atoms with Crippen LogP contribution in [0.15, 0.2) is 54.6 Å². The number of halogens is 1. The third-order valence-corrected chi connectivity index (χ3v) is 3.45. The highest BCUT2D eigenvalue weighted by Gasteiger charge is 2.20. The molecule has 0 aliphatic heterocycles. The van der Waals surface area contributed by atoms with Gasteiger partial charge in [-0.25, -0.2) is 0 Å². The lowest BCUT2D eigenvalue weighted by Gasteiger charge is -2.16. The first-order chi connectivity index (χ1) is 11.5. The van der Waals surface area contributed by atoms with E-state index in [4.69, 9.17) is 17.3 Å². The minimum Gasteiger partial charge on any atom is -0.368 e. The fraction of sp³-hybridized carbons (Fsp3) is 0.118. The molecule has 0 radical (unpaired) electrons. The summed E-state index contributed by atoms with van der Waals surface area (Å²) in [5.74, 6) is -1.66. The molecule has 0 aliphatic carbocycles. The van der Waals surface area contributed by atoms with Gasteiger partial charge in [-0.2, -0.15) is 0 Å². The number of hydrogen-bond acceptors (Lipinski definition) is 3. The van der Waals surface area contributed by atoms with Crippen molar-refractivity contribution in [3.63, 3.8) is 0 Å². The Bertz CT molecular complexity index is 750. The zero-order valence-corrected chi connectivity index (χ0v) is 13.4. The molecule has 0 spiro atoms. The Morgan fingerprint density at radius 2 is 1.75 bits per heavy atom. The molecule has 0 saturated carbocycles. The van der Waals surface area contributed by atoms with Crippen molar-refractivity contribution >= 4 is 29.3 Å². The Morgan fingerprint density at radius 3 is 2.38 bits per heavy atom. The fourth-order valence-electron chi connectivity index (χ4n) is 2.07. The minimum atomic E-state index is -0.957. The van der Waals surface area contributed by atoms with Crippen LogP contribution in [0.1, 0.15) is 22.0 Å². The van der Waals surface area contributed by atoms with Crippen LogP contribution in [0.25, 0.3) is 0 Å². The Labute approximate surface area is 144 Å². The summed E-state index contributed by atoms with van der Waals surface area (Å²) in [4.78, 5) is 35.5. The second-order valence-electron chi connectivity index (χ2n) is 5.01. The van der Waals surface area contributed by atoms with Crippen LogP contribution in [0, 0.1) is 0 Å². The number of nitrogens with two attached hydrogens (primary N) is 1. The first kappa shape index (κ1) is 17.5. The summed E-state index contributed by atoms with van der Waals surface area (Å²) < 4.78 is 0. The molecule has 0 bridgehead atoms. The normalized spacial score (nSPS) is 11.4. The van der Waals surface area contributed by atoms with Gasteiger partial charge in [0.15, 0.2) is 0 Å². The van der Waals surface area contributed by atoms with Crippen LogP contribution >= 0.6 is 11.6 Å². The molecule has 0 fully saturated rings. The van der Waals surface area contributed by atoms with E-state index in [-0.39, 0.29) is 6.54 Å². The first-order valence-electron chi connectivity index (χ1n) is 7.15. The van der Waals surface area contributed by atoms with E-state index in [0.717, 1.165) is 0 Å². The fourth-order valence-corrected chi connectivity index (χ4v) is 2.26. The van der Waals surface area contributed by atoms with Gasteiger partial charge in [0.2, 0.25) is 11.8 Å². The standard InChI is InChI=1S/C17H16ClN3O3/c18-13-8-4-7-12(9-13)17(24)20-10-14(22)21-15(16(19)23)11-5-2-1-3-6-11/h1-9,15H,10H2,(H2,19,23)(H,20,24)(H,21,22). The number of carbonyl (C=O) groups excluding carboxylic acids is 3. The van der Waals surface area contributed by atoms with Crippen molar-refractivity contribution in [1.29, 1.82) is 0 Å². The van der Waals surface area contributed by atoms with Crippen LogP contribution in [-0.4, -0.2) is 24.3 Å². The predicted octanol–water partition coefficient (Wildman–Crippen LogP) is 1.41. The quantitative estimate of drug-likeness (QED) is 0.737. The largest absolute Gasteiger partial charge is 0.368 e. The zero-order chi connectivity index (χ0) is 17.5. The van der Waals surface area contributed by atoms with Crippen molar-refractivity contribution in [2.24, 2.45) is 5.73 Å². The van der Waals surface area contributed by atoms with Crippen LogP contribution < -0.4 is 16.4 Å². The number of primary amides is 1. The Morgan fingerprint density at radius 1 is 1.04 bits per heavy atom. The molecule has 0 saturated heterocycles. The van der Waals surface area contributed by atoms with Gasteiger partial charge in [-0.3, -0.25) is 14.4 Å². The topological polar surface area (TPSA) is 101 Å². The smallest absolute Gasteiger partial charge is 0.251 e. The van der Waals surface area contributed by atoms with E-state index in [2.05, 4.69) is 10.6 Å². The lowest BCUT2D eigenvalue weighted by molar-refractivity contribution is -0.126. The summed E-state index contributed by atoms with van der Waals surface area (Å²) in [5.41, 5.74) is 6.23. The summed E-state index contributed by atoms with van der Waals surface area (Å²) in [6.07, 6.45) is 0. The van der Waals surface area contributed by atoms with Gasteiger partial charge in [0.25, 0.3) is 5.91 Å². The number of amides is 3. The van der Waals surface area contributed by atoms with Crippen LogP contribution in [0.4, 0.5) is 0 Å². The van der Waals surface area contributed by atoms with Crippen molar-refractivity contribution in [2.75, 3.05) is 6.54 Å². The monoisotopic (exact) mass is 345 g/mol. The molecule has 1 unspecified atom stereocenters. The number of rotatable bonds is 6. The predicted molar refractivity (Wildman–Crippen MR) is 90.3 cm³/mol. The van der Waals surface area contributed by atoms with Crippen molar-refractivity contribution in [3.8, 4) is 0 Å². The molecule has 6 nitrogen and oxygen atoms in total. The Balaban J connectivity index is 1.94. The molecule has 0 heterocycles. The minimum absolute atomic E-state index is 0.290. The molecule has 4 N–H and O–H groups in total. The van der Waals surface area contributed by atoms with Crippen LogP contribution in [-0.2, 0) is 9.59 Å². The number of benzene rings is 2. The van der Waals surface area contributed by atoms with Crippen LogP contribution in [0.5, 0.6) is 0 Å². The lowest BCUT2D eigenvalue weighted by Crippen LogP contribution is -2.42. The molecule has 2 aromatic carbocycles. The zero-order valence-electron chi connectivity index (χ0n) is 12.7. The van der Waals surface area contributed by atoms with Gasteiger partial charge in [-0.1, -0.05) is 48.0 Å². The third kappa shape index (κ3) is 4.82. The van der Waals surface area contributed by atoms with Crippen LogP contribution in [0.2, 0.25) is 5.02 Å². The summed E-state index contributed by atoms with van der Waals surface area (Å²) in [6.45, 7) is -0.290. The summed E-state index contributed by atoms with van der Waals surface area (Å²) in [7, 11) is 0. The molecular formula is C17H16ClN3O3. The molecule has 0 aliphatic rings. The highest BCUT2D eigenvalue weighted by atomic mass is 35.5. The molecule has 2 rings (SSSR count). The highest BCUT2D eigenvalue weighted by Crippen LogP contribution is 2.12. The summed E-state index contributed by atoms with van der Waals surface area (Å²) in [6, 6.07) is 14.0. The highest BCUT2D eigenvalue weighted by molar-refractivity contribution is 6.30. The average Bonchev–Trinajstić information content (AvgIpc) is 2.58. The van der Waals surface area contributed by atoms with Gasteiger partial charge in [0, 0.05) is 10.6 Å². The molecule has 2 aromatic rings. The number of carbonyl (C=O) groups is 3. The van der Waals surface area contributed by atoms with Gasteiger partial charge in [-0.05, 0) is 23.8 Å². The summed E-state index contributed by atoms with van der Waals surface area (Å²) >= 11 is 5.81. The molecule has 124 valence electrons. The van der Waals surface area contributed by atoms with Crippen LogP contribution in [0.3, 0.4) is 0 Å². The van der Waals surface area contributed by atoms with E-state index in [1.165, 1.54) is 6.07 Å². The average molecular weight is 346 g/mol. The van der Waals surface area contributed by atoms with E-state index in [0.29, 0.717) is 16.1 Å². The van der Waals surface area contributed by atoms with Gasteiger partial charge < -0.3 is 16.4 Å². The van der Waals surface area contributed by atoms with Crippen molar-refractivity contribution in [2.45, 2.75) is 6.04 Å². The Hall–Kier alpha value is -2.86.